The van der Waals surface area contributed by atoms with Crippen molar-refractivity contribution in [2.45, 2.75) is 20.3 Å². The first kappa shape index (κ1) is 20.1. The van der Waals surface area contributed by atoms with Gasteiger partial charge in [-0.3, -0.25) is 4.79 Å². The third-order valence-corrected chi connectivity index (χ3v) is 3.76. The first-order valence-corrected chi connectivity index (χ1v) is 8.83. The number of carbonyl (C=O) groups is 1. The van der Waals surface area contributed by atoms with Crippen molar-refractivity contribution >= 4 is 11.9 Å². The van der Waals surface area contributed by atoms with Crippen LogP contribution < -0.4 is 14.2 Å². The summed E-state index contributed by atoms with van der Waals surface area (Å²) in [4.78, 5) is 12.8. The molecule has 0 saturated carbocycles. The van der Waals surface area contributed by atoms with Gasteiger partial charge in [-0.1, -0.05) is 31.2 Å². The molecule has 0 unspecified atom stereocenters. The lowest BCUT2D eigenvalue weighted by Gasteiger charge is -2.14. The zero-order chi connectivity index (χ0) is 19.6. The first-order chi connectivity index (χ1) is 13.1. The molecule has 0 radical (unpaired) electrons. The predicted molar refractivity (Wildman–Crippen MR) is 104 cm³/mol. The Labute approximate surface area is 159 Å². The molecular weight excluding hydrogens is 342 g/mol. The van der Waals surface area contributed by atoms with Crippen molar-refractivity contribution in [1.82, 2.24) is 0 Å². The zero-order valence-electron chi connectivity index (χ0n) is 15.8. The molecule has 2 aromatic carbocycles. The van der Waals surface area contributed by atoms with Crippen LogP contribution in [0.15, 0.2) is 48.0 Å². The summed E-state index contributed by atoms with van der Waals surface area (Å²) < 4.78 is 16.6. The van der Waals surface area contributed by atoms with Gasteiger partial charge in [-0.05, 0) is 37.6 Å². The van der Waals surface area contributed by atoms with Crippen molar-refractivity contribution in [3.8, 4) is 23.3 Å². The largest absolute Gasteiger partial charge is 0.497 e. The maximum atomic E-state index is 12.8. The predicted octanol–water partition coefficient (Wildman–Crippen LogP) is 4.67. The Morgan fingerprint density at radius 2 is 1.93 bits per heavy atom. The van der Waals surface area contributed by atoms with Gasteiger partial charge in [0.05, 0.1) is 20.3 Å². The average molecular weight is 365 g/mol. The molecule has 2 aromatic rings. The van der Waals surface area contributed by atoms with Crippen LogP contribution in [0.4, 0.5) is 0 Å². The summed E-state index contributed by atoms with van der Waals surface area (Å²) in [6.07, 6.45) is 2.37. The summed E-state index contributed by atoms with van der Waals surface area (Å²) in [6.45, 7) is 4.89. The van der Waals surface area contributed by atoms with Crippen LogP contribution in [-0.2, 0) is 0 Å². The first-order valence-electron chi connectivity index (χ1n) is 8.83. The van der Waals surface area contributed by atoms with E-state index in [1.54, 1.807) is 36.4 Å². The van der Waals surface area contributed by atoms with Gasteiger partial charge < -0.3 is 14.2 Å². The Morgan fingerprint density at radius 1 is 1.15 bits per heavy atom. The monoisotopic (exact) mass is 365 g/mol. The maximum Gasteiger partial charge on any atom is 0.203 e. The lowest BCUT2D eigenvalue weighted by molar-refractivity contribution is 0.103. The van der Waals surface area contributed by atoms with E-state index in [-0.39, 0.29) is 11.4 Å². The van der Waals surface area contributed by atoms with E-state index in [0.717, 1.165) is 6.42 Å². The highest BCUT2D eigenvalue weighted by atomic mass is 16.5. The molecular formula is C22H23NO4. The molecule has 5 heteroatoms. The summed E-state index contributed by atoms with van der Waals surface area (Å²) in [7, 11) is 1.53. The van der Waals surface area contributed by atoms with Gasteiger partial charge in [0.15, 0.2) is 11.5 Å². The number of carbonyl (C=O) groups excluding carboxylic acids is 1. The minimum atomic E-state index is -0.375. The highest BCUT2D eigenvalue weighted by Crippen LogP contribution is 2.33. The van der Waals surface area contributed by atoms with Gasteiger partial charge in [0, 0.05) is 11.1 Å². The molecule has 0 aliphatic heterocycles. The SMILES string of the molecule is CCCOc1c(/C=C(\C#N)C(=O)c2cccc(OC)c2)cccc1OCC. The van der Waals surface area contributed by atoms with Crippen LogP contribution in [0.2, 0.25) is 0 Å². The van der Waals surface area contributed by atoms with E-state index in [2.05, 4.69) is 0 Å². The molecule has 2 rings (SSSR count). The minimum absolute atomic E-state index is 0.0123. The number of ether oxygens (including phenoxy) is 3. The fraction of sp³-hybridized carbons (Fsp3) is 0.273. The summed E-state index contributed by atoms with van der Waals surface area (Å²) in [6, 6.07) is 14.1. The summed E-state index contributed by atoms with van der Waals surface area (Å²) in [5.41, 5.74) is 1.03. The lowest BCUT2D eigenvalue weighted by atomic mass is 10.0. The summed E-state index contributed by atoms with van der Waals surface area (Å²) >= 11 is 0. The van der Waals surface area contributed by atoms with Crippen LogP contribution >= 0.6 is 0 Å². The summed E-state index contributed by atoms with van der Waals surface area (Å²) in [5.74, 6) is 1.31. The maximum absolute atomic E-state index is 12.8. The Bertz CT molecular complexity index is 865. The molecule has 140 valence electrons. The molecule has 0 saturated heterocycles. The second-order valence-corrected chi connectivity index (χ2v) is 5.69. The number of Topliss-reactive ketones (excluding diaryl/α,β-unsaturated/α-hetero) is 1. The van der Waals surface area contributed by atoms with Crippen molar-refractivity contribution in [3.63, 3.8) is 0 Å². The molecule has 0 aliphatic rings. The van der Waals surface area contributed by atoms with Crippen LogP contribution in [0.3, 0.4) is 0 Å². The molecule has 0 N–H and O–H groups in total. The zero-order valence-corrected chi connectivity index (χ0v) is 15.8. The molecule has 0 spiro atoms. The van der Waals surface area contributed by atoms with Crippen LogP contribution in [-0.4, -0.2) is 26.1 Å². The lowest BCUT2D eigenvalue weighted by Crippen LogP contribution is -2.04. The molecule has 5 nitrogen and oxygen atoms in total. The van der Waals surface area contributed by atoms with E-state index in [1.807, 2.05) is 26.0 Å². The van der Waals surface area contributed by atoms with Crippen LogP contribution in [0.25, 0.3) is 6.08 Å². The molecule has 0 aromatic heterocycles. The Kier molecular flexibility index (Phi) is 7.45. The highest BCUT2D eigenvalue weighted by Gasteiger charge is 2.16. The van der Waals surface area contributed by atoms with Gasteiger partial charge >= 0.3 is 0 Å². The second kappa shape index (κ2) is 10.0. The van der Waals surface area contributed by atoms with Crippen LogP contribution in [0, 0.1) is 11.3 Å². The second-order valence-electron chi connectivity index (χ2n) is 5.69. The van der Waals surface area contributed by atoms with E-state index in [1.165, 1.54) is 13.2 Å². The molecule has 0 bridgehead atoms. The highest BCUT2D eigenvalue weighted by molar-refractivity contribution is 6.14. The van der Waals surface area contributed by atoms with E-state index < -0.39 is 0 Å². The molecule has 0 fully saturated rings. The molecule has 0 heterocycles. The van der Waals surface area contributed by atoms with Gasteiger partial charge in [0.2, 0.25) is 5.78 Å². The quantitative estimate of drug-likeness (QED) is 0.367. The molecule has 0 atom stereocenters. The van der Waals surface area contributed by atoms with Crippen LogP contribution in [0.1, 0.15) is 36.2 Å². The number of methoxy groups -OCH3 is 1. The van der Waals surface area contributed by atoms with Gasteiger partial charge in [-0.2, -0.15) is 5.26 Å². The third-order valence-electron chi connectivity index (χ3n) is 3.76. The normalized spacial score (nSPS) is 10.8. The number of allylic oxidation sites excluding steroid dienone is 1. The summed E-state index contributed by atoms with van der Waals surface area (Å²) in [5, 5.41) is 9.54. The Hall–Kier alpha value is -3.26. The van der Waals surface area contributed by atoms with E-state index in [9.17, 15) is 10.1 Å². The fourth-order valence-electron chi connectivity index (χ4n) is 2.50. The number of nitriles is 1. The van der Waals surface area contributed by atoms with E-state index in [0.29, 0.717) is 41.6 Å². The number of para-hydroxylation sites is 1. The number of benzene rings is 2. The number of rotatable bonds is 9. The number of ketones is 1. The third kappa shape index (κ3) is 5.11. The van der Waals surface area contributed by atoms with Crippen molar-refractivity contribution in [2.75, 3.05) is 20.3 Å². The van der Waals surface area contributed by atoms with Gasteiger partial charge in [-0.15, -0.1) is 0 Å². The molecule has 0 amide bonds. The standard InChI is InChI=1S/C22H23NO4/c1-4-12-27-22-17(9-7-11-20(22)26-5-2)13-18(15-23)21(24)16-8-6-10-19(14-16)25-3/h6-11,13-14H,4-5,12H2,1-3H3/b18-13+. The van der Waals surface area contributed by atoms with Crippen molar-refractivity contribution in [3.05, 3.63) is 59.2 Å². The van der Waals surface area contributed by atoms with Gasteiger partial charge in [0.1, 0.15) is 17.4 Å². The van der Waals surface area contributed by atoms with Crippen molar-refractivity contribution < 1.29 is 19.0 Å². The minimum Gasteiger partial charge on any atom is -0.497 e. The van der Waals surface area contributed by atoms with Crippen molar-refractivity contribution in [1.29, 1.82) is 5.26 Å². The molecule has 27 heavy (non-hydrogen) atoms. The number of hydrogen-bond donors (Lipinski definition) is 0. The number of nitrogens with zero attached hydrogens (tertiary/aromatic N) is 1. The van der Waals surface area contributed by atoms with Crippen molar-refractivity contribution in [2.24, 2.45) is 0 Å². The van der Waals surface area contributed by atoms with Gasteiger partial charge in [-0.25, -0.2) is 0 Å². The topological polar surface area (TPSA) is 68.5 Å². The van der Waals surface area contributed by atoms with E-state index >= 15 is 0 Å². The molecule has 0 aliphatic carbocycles. The average Bonchev–Trinajstić information content (AvgIpc) is 2.71. The fourth-order valence-corrected chi connectivity index (χ4v) is 2.50. The van der Waals surface area contributed by atoms with Gasteiger partial charge in [0.25, 0.3) is 0 Å². The smallest absolute Gasteiger partial charge is 0.203 e. The number of hydrogen-bond acceptors (Lipinski definition) is 5. The Morgan fingerprint density at radius 3 is 2.59 bits per heavy atom. The Balaban J connectivity index is 2.45. The van der Waals surface area contributed by atoms with Crippen LogP contribution in [0.5, 0.6) is 17.2 Å². The van der Waals surface area contributed by atoms with E-state index in [4.69, 9.17) is 14.2 Å².